The fourth-order valence-corrected chi connectivity index (χ4v) is 3.30. The van der Waals surface area contributed by atoms with Gasteiger partial charge in [0, 0.05) is 5.56 Å². The molecule has 0 aliphatic carbocycles. The summed E-state index contributed by atoms with van der Waals surface area (Å²) in [6.07, 6.45) is 9.34. The number of esters is 2. The van der Waals surface area contributed by atoms with E-state index in [2.05, 4.69) is 21.7 Å². The number of para-hydroxylation sites is 2. The fourth-order valence-electron chi connectivity index (χ4n) is 3.30. The van der Waals surface area contributed by atoms with E-state index in [9.17, 15) is 14.4 Å². The van der Waals surface area contributed by atoms with Gasteiger partial charge in [0.1, 0.15) is 0 Å². The number of hydrogen-bond donors (Lipinski definition) is 1. The predicted molar refractivity (Wildman–Crippen MR) is 131 cm³/mol. The SMILES string of the molecule is CCCCCCCCc1ccc(C(=O)Nc2ccccc2O/C(=C\C(=O)OC)C(=O)OC)cc1. The normalized spacial score (nSPS) is 11.0. The molecule has 34 heavy (non-hydrogen) atoms. The van der Waals surface area contributed by atoms with Crippen LogP contribution in [0.3, 0.4) is 0 Å². The lowest BCUT2D eigenvalue weighted by Crippen LogP contribution is -2.16. The van der Waals surface area contributed by atoms with E-state index in [1.807, 2.05) is 12.1 Å². The third kappa shape index (κ3) is 8.73. The zero-order valence-corrected chi connectivity index (χ0v) is 20.1. The Bertz CT molecular complexity index is 981. The number of ether oxygens (including phenoxy) is 3. The maximum atomic E-state index is 12.8. The molecule has 0 saturated heterocycles. The van der Waals surface area contributed by atoms with Gasteiger partial charge < -0.3 is 19.5 Å². The Balaban J connectivity index is 2.03. The standard InChI is InChI=1S/C27H33NO6/c1-4-5-6-7-8-9-12-20-15-17-21(18-16-20)26(30)28-22-13-10-11-14-23(22)34-24(27(31)33-3)19-25(29)32-2/h10-11,13-19H,4-9,12H2,1-3H3,(H,28,30)/b24-19-. The molecule has 0 bridgehead atoms. The summed E-state index contributed by atoms with van der Waals surface area (Å²) >= 11 is 0. The van der Waals surface area contributed by atoms with E-state index in [1.165, 1.54) is 51.9 Å². The molecule has 0 heterocycles. The summed E-state index contributed by atoms with van der Waals surface area (Å²) in [5.41, 5.74) is 2.04. The minimum Gasteiger partial charge on any atom is -0.466 e. The van der Waals surface area contributed by atoms with Crippen LogP contribution in [0.5, 0.6) is 5.75 Å². The maximum absolute atomic E-state index is 12.8. The van der Waals surface area contributed by atoms with Gasteiger partial charge in [-0.1, -0.05) is 63.3 Å². The van der Waals surface area contributed by atoms with Crippen LogP contribution in [0.25, 0.3) is 0 Å². The van der Waals surface area contributed by atoms with Gasteiger partial charge in [-0.3, -0.25) is 4.79 Å². The Morgan fingerprint density at radius 2 is 1.53 bits per heavy atom. The minimum atomic E-state index is -0.854. The highest BCUT2D eigenvalue weighted by atomic mass is 16.6. The van der Waals surface area contributed by atoms with Gasteiger partial charge in [-0.15, -0.1) is 0 Å². The summed E-state index contributed by atoms with van der Waals surface area (Å²) in [7, 11) is 2.35. The Morgan fingerprint density at radius 1 is 0.853 bits per heavy atom. The van der Waals surface area contributed by atoms with Crippen LogP contribution in [0.1, 0.15) is 61.4 Å². The number of amides is 1. The topological polar surface area (TPSA) is 90.9 Å². The van der Waals surface area contributed by atoms with E-state index in [0.29, 0.717) is 11.3 Å². The first kappa shape index (κ1) is 26.6. The van der Waals surface area contributed by atoms with Crippen LogP contribution in [0.15, 0.2) is 60.4 Å². The molecule has 182 valence electrons. The lowest BCUT2D eigenvalue weighted by molar-refractivity contribution is -0.140. The highest BCUT2D eigenvalue weighted by Gasteiger charge is 2.18. The predicted octanol–water partition coefficient (Wildman–Crippen LogP) is 5.45. The number of anilines is 1. The van der Waals surface area contributed by atoms with E-state index < -0.39 is 11.9 Å². The number of benzene rings is 2. The molecule has 0 aliphatic heterocycles. The molecule has 2 rings (SSSR count). The van der Waals surface area contributed by atoms with Gasteiger partial charge in [0.2, 0.25) is 5.76 Å². The molecular formula is C27H33NO6. The third-order valence-electron chi connectivity index (χ3n) is 5.23. The van der Waals surface area contributed by atoms with Crippen molar-refractivity contribution in [3.8, 4) is 5.75 Å². The molecule has 0 aliphatic rings. The zero-order valence-electron chi connectivity index (χ0n) is 20.1. The summed E-state index contributed by atoms with van der Waals surface area (Å²) in [6.45, 7) is 2.21. The monoisotopic (exact) mass is 467 g/mol. The van der Waals surface area contributed by atoms with Crippen LogP contribution in [-0.2, 0) is 25.5 Å². The zero-order chi connectivity index (χ0) is 24.8. The second-order valence-corrected chi connectivity index (χ2v) is 7.79. The van der Waals surface area contributed by atoms with Crippen molar-refractivity contribution < 1.29 is 28.6 Å². The van der Waals surface area contributed by atoms with Gasteiger partial charge >= 0.3 is 11.9 Å². The minimum absolute atomic E-state index is 0.177. The Kier molecular flexibility index (Phi) is 11.4. The van der Waals surface area contributed by atoms with Crippen LogP contribution in [0.4, 0.5) is 5.69 Å². The number of carbonyl (C=O) groups is 3. The Morgan fingerprint density at radius 3 is 2.21 bits per heavy atom. The molecule has 0 saturated carbocycles. The van der Waals surface area contributed by atoms with Gasteiger partial charge in [0.15, 0.2) is 5.75 Å². The summed E-state index contributed by atoms with van der Waals surface area (Å²) < 4.78 is 14.8. The maximum Gasteiger partial charge on any atom is 0.374 e. The molecule has 1 amide bonds. The second-order valence-electron chi connectivity index (χ2n) is 7.79. The number of carbonyl (C=O) groups excluding carboxylic acids is 3. The van der Waals surface area contributed by atoms with Crippen LogP contribution >= 0.6 is 0 Å². The molecule has 0 aromatic heterocycles. The van der Waals surface area contributed by atoms with Crippen LogP contribution < -0.4 is 10.1 Å². The van der Waals surface area contributed by atoms with Crippen molar-refractivity contribution >= 4 is 23.5 Å². The van der Waals surface area contributed by atoms with Gasteiger partial charge in [-0.2, -0.15) is 0 Å². The molecule has 2 aromatic rings. The summed E-state index contributed by atoms with van der Waals surface area (Å²) in [4.78, 5) is 36.4. The number of methoxy groups -OCH3 is 2. The lowest BCUT2D eigenvalue weighted by atomic mass is 10.0. The molecule has 0 atom stereocenters. The first-order chi connectivity index (χ1) is 16.5. The van der Waals surface area contributed by atoms with E-state index >= 15 is 0 Å². The largest absolute Gasteiger partial charge is 0.466 e. The Hall–Kier alpha value is -3.61. The average molecular weight is 468 g/mol. The van der Waals surface area contributed by atoms with Crippen molar-refractivity contribution in [2.75, 3.05) is 19.5 Å². The van der Waals surface area contributed by atoms with E-state index in [4.69, 9.17) is 4.74 Å². The van der Waals surface area contributed by atoms with Crippen molar-refractivity contribution in [3.63, 3.8) is 0 Å². The molecular weight excluding hydrogens is 434 g/mol. The van der Waals surface area contributed by atoms with Gasteiger partial charge in [0.25, 0.3) is 5.91 Å². The quantitative estimate of drug-likeness (QED) is 0.182. The Labute approximate surface area is 201 Å². The number of unbranched alkanes of at least 4 members (excludes halogenated alkanes) is 5. The highest BCUT2D eigenvalue weighted by Crippen LogP contribution is 2.27. The van der Waals surface area contributed by atoms with E-state index in [0.717, 1.165) is 18.9 Å². The van der Waals surface area contributed by atoms with Gasteiger partial charge in [0.05, 0.1) is 26.0 Å². The molecule has 7 heteroatoms. The molecule has 0 radical (unpaired) electrons. The first-order valence-electron chi connectivity index (χ1n) is 11.5. The molecule has 0 fully saturated rings. The highest BCUT2D eigenvalue weighted by molar-refractivity contribution is 6.05. The van der Waals surface area contributed by atoms with Crippen LogP contribution in [-0.4, -0.2) is 32.1 Å². The van der Waals surface area contributed by atoms with Crippen LogP contribution in [0.2, 0.25) is 0 Å². The van der Waals surface area contributed by atoms with Gasteiger partial charge in [-0.05, 0) is 42.7 Å². The molecule has 1 N–H and O–H groups in total. The number of nitrogens with one attached hydrogen (secondary N) is 1. The third-order valence-corrected chi connectivity index (χ3v) is 5.23. The smallest absolute Gasteiger partial charge is 0.374 e. The molecule has 0 unspecified atom stereocenters. The number of aryl methyl sites for hydroxylation is 1. The first-order valence-corrected chi connectivity index (χ1v) is 11.5. The van der Waals surface area contributed by atoms with E-state index in [-0.39, 0.29) is 17.4 Å². The fraction of sp³-hybridized carbons (Fsp3) is 0.370. The number of rotatable bonds is 13. The average Bonchev–Trinajstić information content (AvgIpc) is 2.86. The lowest BCUT2D eigenvalue weighted by Gasteiger charge is -2.13. The molecule has 0 spiro atoms. The van der Waals surface area contributed by atoms with E-state index in [1.54, 1.807) is 36.4 Å². The number of hydrogen-bond acceptors (Lipinski definition) is 6. The van der Waals surface area contributed by atoms with Crippen molar-refractivity contribution in [2.45, 2.75) is 51.9 Å². The van der Waals surface area contributed by atoms with Crippen LogP contribution in [0, 0.1) is 0 Å². The van der Waals surface area contributed by atoms with Crippen molar-refractivity contribution in [2.24, 2.45) is 0 Å². The molecule has 7 nitrogen and oxygen atoms in total. The van der Waals surface area contributed by atoms with Crippen molar-refractivity contribution in [1.29, 1.82) is 0 Å². The van der Waals surface area contributed by atoms with Crippen molar-refractivity contribution in [1.82, 2.24) is 0 Å². The summed E-state index contributed by atoms with van der Waals surface area (Å²) in [5, 5.41) is 2.79. The van der Waals surface area contributed by atoms with Gasteiger partial charge in [-0.25, -0.2) is 9.59 Å². The van der Waals surface area contributed by atoms with Crippen molar-refractivity contribution in [3.05, 3.63) is 71.5 Å². The molecule has 2 aromatic carbocycles. The summed E-state index contributed by atoms with van der Waals surface area (Å²) in [5.74, 6) is -2.14. The summed E-state index contributed by atoms with van der Waals surface area (Å²) in [6, 6.07) is 14.1. The second kappa shape index (κ2) is 14.5.